The van der Waals surface area contributed by atoms with Crippen molar-refractivity contribution in [2.24, 2.45) is 0 Å². The van der Waals surface area contributed by atoms with E-state index in [9.17, 15) is 15.0 Å². The van der Waals surface area contributed by atoms with Crippen molar-refractivity contribution in [1.29, 1.82) is 0 Å². The first-order valence-electron chi connectivity index (χ1n) is 10.0. The van der Waals surface area contributed by atoms with Gasteiger partial charge in [0.05, 0.1) is 5.69 Å². The van der Waals surface area contributed by atoms with Crippen LogP contribution in [0.25, 0.3) is 16.8 Å². The highest BCUT2D eigenvalue weighted by molar-refractivity contribution is 7.12. The summed E-state index contributed by atoms with van der Waals surface area (Å²) < 4.78 is 0. The number of imidazole rings is 1. The van der Waals surface area contributed by atoms with E-state index < -0.39 is 11.6 Å². The van der Waals surface area contributed by atoms with Crippen molar-refractivity contribution in [1.82, 2.24) is 9.97 Å². The number of nitrogens with one attached hydrogen (secondary N) is 1. The van der Waals surface area contributed by atoms with Crippen LogP contribution in [0, 0.1) is 0 Å². The third kappa shape index (κ3) is 4.25. The van der Waals surface area contributed by atoms with Gasteiger partial charge in [-0.3, -0.25) is 0 Å². The average molecular weight is 502 g/mol. The number of anilines is 1. The first kappa shape index (κ1) is 23.3. The van der Waals surface area contributed by atoms with Crippen LogP contribution >= 0.6 is 34.5 Å². The number of carbonyl (C=O) groups is 1. The highest BCUT2D eigenvalue weighted by Gasteiger charge is 2.41. The number of hydrogen-bond acceptors (Lipinski definition) is 5. The Bertz CT molecular complexity index is 1340. The Hall–Kier alpha value is -2.84. The summed E-state index contributed by atoms with van der Waals surface area (Å²) in [4.78, 5) is 18.9. The minimum absolute atomic E-state index is 0.170. The summed E-state index contributed by atoms with van der Waals surface area (Å²) in [5.41, 5.74) is 9.68. The SMILES string of the molecule is C=C/C(=C\C1=C(C)C(O)(c2nc(Cl)c(-c3csc(C(=O)O)c3)[nH]2)CC1)c1cc(Cl)ccc1N. The Balaban J connectivity index is 1.72. The molecular formula is C24H21Cl2N3O3S. The summed E-state index contributed by atoms with van der Waals surface area (Å²) in [7, 11) is 0. The highest BCUT2D eigenvalue weighted by atomic mass is 35.5. The Kier molecular flexibility index (Phi) is 6.24. The summed E-state index contributed by atoms with van der Waals surface area (Å²) in [6.45, 7) is 5.76. The quantitative estimate of drug-likeness (QED) is 0.234. The number of aromatic carboxylic acids is 1. The van der Waals surface area contributed by atoms with Crippen molar-refractivity contribution >= 4 is 51.8 Å². The molecule has 0 saturated heterocycles. The van der Waals surface area contributed by atoms with Gasteiger partial charge in [-0.2, -0.15) is 0 Å². The smallest absolute Gasteiger partial charge is 0.345 e. The highest BCUT2D eigenvalue weighted by Crippen LogP contribution is 2.45. The van der Waals surface area contributed by atoms with Crippen molar-refractivity contribution in [3.8, 4) is 11.3 Å². The average Bonchev–Trinajstić information content (AvgIpc) is 3.48. The number of nitrogen functional groups attached to an aromatic ring is 1. The predicted octanol–water partition coefficient (Wildman–Crippen LogP) is 6.29. The number of carboxylic acids is 1. The molecule has 6 nitrogen and oxygen atoms in total. The largest absolute Gasteiger partial charge is 0.477 e. The standard InChI is InChI=1S/C24H21Cl2N3O3S/c1-3-13(17-10-16(25)4-5-18(17)27)8-14-6-7-24(32,12(14)2)23-28-20(21(26)29-23)15-9-19(22(30)31)33-11-15/h3-5,8-11,32H,1,6-7,27H2,2H3,(H,28,29)(H,30,31)/b13-8+. The predicted molar refractivity (Wildman–Crippen MR) is 134 cm³/mol. The number of allylic oxidation sites excluding steroid dienone is 4. The third-order valence-electron chi connectivity index (χ3n) is 5.88. The summed E-state index contributed by atoms with van der Waals surface area (Å²) in [5.74, 6) is -0.695. The lowest BCUT2D eigenvalue weighted by atomic mass is 9.94. The van der Waals surface area contributed by atoms with Gasteiger partial charge in [0.2, 0.25) is 0 Å². The van der Waals surface area contributed by atoms with Gasteiger partial charge >= 0.3 is 5.97 Å². The zero-order chi connectivity index (χ0) is 23.9. The maximum Gasteiger partial charge on any atom is 0.345 e. The van der Waals surface area contributed by atoms with Gasteiger partial charge in [0.15, 0.2) is 5.15 Å². The van der Waals surface area contributed by atoms with Crippen LogP contribution in [-0.4, -0.2) is 26.2 Å². The lowest BCUT2D eigenvalue weighted by Crippen LogP contribution is -2.25. The van der Waals surface area contributed by atoms with Crippen LogP contribution in [0.2, 0.25) is 10.2 Å². The second-order valence-corrected chi connectivity index (χ2v) is 9.51. The van der Waals surface area contributed by atoms with Crippen molar-refractivity contribution < 1.29 is 15.0 Å². The van der Waals surface area contributed by atoms with Gasteiger partial charge in [-0.15, -0.1) is 11.3 Å². The van der Waals surface area contributed by atoms with Gasteiger partial charge in [0.25, 0.3) is 0 Å². The zero-order valence-electron chi connectivity index (χ0n) is 17.7. The molecule has 0 aliphatic heterocycles. The fourth-order valence-corrected chi connectivity index (χ4v) is 5.11. The Morgan fingerprint density at radius 3 is 2.79 bits per heavy atom. The van der Waals surface area contributed by atoms with Crippen molar-refractivity contribution in [2.45, 2.75) is 25.4 Å². The first-order chi connectivity index (χ1) is 15.6. The Labute approximate surface area is 204 Å². The molecule has 0 fully saturated rings. The topological polar surface area (TPSA) is 112 Å². The molecule has 9 heteroatoms. The second kappa shape index (κ2) is 8.83. The number of aromatic nitrogens is 2. The number of benzene rings is 1. The van der Waals surface area contributed by atoms with Gasteiger partial charge in [-0.05, 0) is 60.8 Å². The van der Waals surface area contributed by atoms with Crippen LogP contribution in [0.5, 0.6) is 0 Å². The molecular weight excluding hydrogens is 481 g/mol. The summed E-state index contributed by atoms with van der Waals surface area (Å²) in [6, 6.07) is 6.78. The number of nitrogens with zero attached hydrogens (tertiary/aromatic N) is 1. The van der Waals surface area contributed by atoms with Crippen LogP contribution in [0.4, 0.5) is 5.69 Å². The van der Waals surface area contributed by atoms with Gasteiger partial charge in [-0.25, -0.2) is 9.78 Å². The summed E-state index contributed by atoms with van der Waals surface area (Å²) >= 11 is 13.6. The van der Waals surface area contributed by atoms with E-state index in [4.69, 9.17) is 28.9 Å². The van der Waals surface area contributed by atoms with Crippen LogP contribution in [0.15, 0.2) is 59.5 Å². The van der Waals surface area contributed by atoms with E-state index in [2.05, 4.69) is 16.5 Å². The molecule has 1 aliphatic rings. The molecule has 3 aromatic rings. The minimum atomic E-state index is -1.34. The first-order valence-corrected chi connectivity index (χ1v) is 11.7. The third-order valence-corrected chi connectivity index (χ3v) is 7.31. The minimum Gasteiger partial charge on any atom is -0.477 e. The Morgan fingerprint density at radius 1 is 1.36 bits per heavy atom. The maximum atomic E-state index is 11.5. The molecule has 0 amide bonds. The van der Waals surface area contributed by atoms with E-state index in [0.29, 0.717) is 40.6 Å². The number of thiophene rings is 1. The van der Waals surface area contributed by atoms with E-state index in [1.807, 2.05) is 13.0 Å². The lowest BCUT2D eigenvalue weighted by molar-refractivity contribution is 0.0686. The normalized spacial score (nSPS) is 18.7. The molecule has 0 saturated carbocycles. The summed E-state index contributed by atoms with van der Waals surface area (Å²) in [6.07, 6.45) is 4.67. The molecule has 2 aromatic heterocycles. The van der Waals surface area contributed by atoms with E-state index in [1.165, 1.54) is 6.07 Å². The zero-order valence-corrected chi connectivity index (χ0v) is 20.0. The molecule has 2 heterocycles. The van der Waals surface area contributed by atoms with E-state index >= 15 is 0 Å². The fraction of sp³-hybridized carbons (Fsp3) is 0.167. The molecule has 0 spiro atoms. The van der Waals surface area contributed by atoms with Crippen LogP contribution in [0.3, 0.4) is 0 Å². The van der Waals surface area contributed by atoms with E-state index in [-0.39, 0.29) is 10.0 Å². The van der Waals surface area contributed by atoms with Gasteiger partial charge in [0.1, 0.15) is 16.3 Å². The number of carboxylic acid groups (broad SMARTS) is 1. The number of nitrogens with two attached hydrogens (primary N) is 1. The van der Waals surface area contributed by atoms with Crippen molar-refractivity contribution in [2.75, 3.05) is 5.73 Å². The second-order valence-electron chi connectivity index (χ2n) is 7.80. The molecule has 0 bridgehead atoms. The molecule has 1 unspecified atom stereocenters. The number of rotatable bonds is 6. The number of H-pyrrole nitrogens is 1. The van der Waals surface area contributed by atoms with Gasteiger partial charge in [-0.1, -0.05) is 41.9 Å². The molecule has 170 valence electrons. The molecule has 33 heavy (non-hydrogen) atoms. The van der Waals surface area contributed by atoms with Gasteiger partial charge < -0.3 is 20.9 Å². The Morgan fingerprint density at radius 2 is 2.12 bits per heavy atom. The van der Waals surface area contributed by atoms with Crippen molar-refractivity contribution in [3.05, 3.63) is 86.0 Å². The number of aromatic amines is 1. The molecule has 4 rings (SSSR count). The number of halogens is 2. The lowest BCUT2D eigenvalue weighted by Gasteiger charge is -2.22. The number of aliphatic hydroxyl groups is 1. The van der Waals surface area contributed by atoms with Crippen LogP contribution in [-0.2, 0) is 5.60 Å². The summed E-state index contributed by atoms with van der Waals surface area (Å²) in [5, 5.41) is 23.1. The molecule has 1 atom stereocenters. The maximum absolute atomic E-state index is 11.5. The molecule has 1 aliphatic carbocycles. The molecule has 0 radical (unpaired) electrons. The van der Waals surface area contributed by atoms with Crippen LogP contribution < -0.4 is 5.73 Å². The van der Waals surface area contributed by atoms with Crippen molar-refractivity contribution in [3.63, 3.8) is 0 Å². The fourth-order valence-electron chi connectivity index (χ4n) is 3.96. The monoisotopic (exact) mass is 501 g/mol. The molecule has 1 aromatic carbocycles. The number of hydrogen-bond donors (Lipinski definition) is 4. The van der Waals surface area contributed by atoms with Crippen LogP contribution in [0.1, 0.15) is 40.8 Å². The molecule has 5 N–H and O–H groups in total. The van der Waals surface area contributed by atoms with E-state index in [0.717, 1.165) is 33.6 Å². The van der Waals surface area contributed by atoms with E-state index in [1.54, 1.807) is 29.7 Å². The van der Waals surface area contributed by atoms with Gasteiger partial charge in [0, 0.05) is 27.2 Å².